The lowest BCUT2D eigenvalue weighted by Gasteiger charge is -2.17. The molecule has 1 rings (SSSR count). The Balaban J connectivity index is 2.38. The van der Waals surface area contributed by atoms with Gasteiger partial charge in [-0.25, -0.2) is 0 Å². The Kier molecular flexibility index (Phi) is 2.72. The molecule has 1 saturated heterocycles. The molecular weight excluding hydrogens is 122 g/mol. The highest BCUT2D eigenvalue weighted by atomic mass is 15.1. The zero-order valence-electron chi connectivity index (χ0n) is 7.43. The number of hydrogen-bond acceptors (Lipinski definition) is 1. The summed E-state index contributed by atoms with van der Waals surface area (Å²) in [5.41, 5.74) is 0. The van der Waals surface area contributed by atoms with Gasteiger partial charge < -0.3 is 4.90 Å². The van der Waals surface area contributed by atoms with Crippen molar-refractivity contribution < 1.29 is 0 Å². The number of rotatable bonds is 0. The lowest BCUT2D eigenvalue weighted by molar-refractivity contribution is 0.288. The molecule has 2 atom stereocenters. The van der Waals surface area contributed by atoms with Crippen LogP contribution in [0.5, 0.6) is 0 Å². The number of hydrogen-bond donors (Lipinski definition) is 0. The molecule has 0 spiro atoms. The van der Waals surface area contributed by atoms with Crippen molar-refractivity contribution in [1.82, 2.24) is 4.90 Å². The molecule has 1 aliphatic heterocycles. The zero-order chi connectivity index (χ0) is 7.56. The maximum absolute atomic E-state index is 2.46. The summed E-state index contributed by atoms with van der Waals surface area (Å²) in [5, 5.41) is 0. The van der Waals surface area contributed by atoms with Crippen LogP contribution in [0, 0.1) is 11.8 Å². The number of likely N-dealkylation sites (tertiary alicyclic amines) is 1. The van der Waals surface area contributed by atoms with E-state index in [2.05, 4.69) is 25.8 Å². The van der Waals surface area contributed by atoms with Crippen LogP contribution in [0.4, 0.5) is 0 Å². The standard InChI is InChI=1S/C9H19N/c1-8-4-5-9(2)7-10(3)6-8/h8-9H,4-7H2,1-3H3. The fourth-order valence-corrected chi connectivity index (χ4v) is 1.89. The van der Waals surface area contributed by atoms with E-state index >= 15 is 0 Å². The molecule has 0 aromatic carbocycles. The van der Waals surface area contributed by atoms with Crippen molar-refractivity contribution in [1.29, 1.82) is 0 Å². The van der Waals surface area contributed by atoms with Gasteiger partial charge in [-0.2, -0.15) is 0 Å². The summed E-state index contributed by atoms with van der Waals surface area (Å²) in [6, 6.07) is 0. The largest absolute Gasteiger partial charge is 0.306 e. The molecular formula is C9H19N. The minimum absolute atomic E-state index is 0.912. The molecule has 1 heteroatoms. The van der Waals surface area contributed by atoms with Gasteiger partial charge in [0, 0.05) is 13.1 Å². The van der Waals surface area contributed by atoms with Gasteiger partial charge in [0.1, 0.15) is 0 Å². The monoisotopic (exact) mass is 141 g/mol. The van der Waals surface area contributed by atoms with E-state index in [9.17, 15) is 0 Å². The first-order chi connectivity index (χ1) is 4.68. The van der Waals surface area contributed by atoms with E-state index in [0.717, 1.165) is 11.8 Å². The van der Waals surface area contributed by atoms with E-state index in [1.165, 1.54) is 25.9 Å². The molecule has 0 N–H and O–H groups in total. The predicted octanol–water partition coefficient (Wildman–Crippen LogP) is 1.98. The van der Waals surface area contributed by atoms with Crippen molar-refractivity contribution in [3.05, 3.63) is 0 Å². The van der Waals surface area contributed by atoms with Gasteiger partial charge in [-0.3, -0.25) is 0 Å². The summed E-state index contributed by atoms with van der Waals surface area (Å²) in [6.07, 6.45) is 2.84. The molecule has 0 bridgehead atoms. The van der Waals surface area contributed by atoms with E-state index in [1.807, 2.05) is 0 Å². The van der Waals surface area contributed by atoms with Crippen LogP contribution in [-0.2, 0) is 0 Å². The maximum Gasteiger partial charge on any atom is 0.000408 e. The quantitative estimate of drug-likeness (QED) is 0.498. The molecule has 0 aromatic rings. The van der Waals surface area contributed by atoms with Crippen LogP contribution in [0.15, 0.2) is 0 Å². The van der Waals surface area contributed by atoms with Crippen molar-refractivity contribution >= 4 is 0 Å². The lowest BCUT2D eigenvalue weighted by atomic mass is 10.0. The molecule has 0 amide bonds. The second-order valence-corrected chi connectivity index (χ2v) is 4.01. The van der Waals surface area contributed by atoms with Crippen LogP contribution in [0.1, 0.15) is 26.7 Å². The Bertz CT molecular complexity index is 88.9. The molecule has 0 saturated carbocycles. The molecule has 1 nitrogen and oxygen atoms in total. The molecule has 1 heterocycles. The van der Waals surface area contributed by atoms with Gasteiger partial charge in [-0.15, -0.1) is 0 Å². The van der Waals surface area contributed by atoms with Gasteiger partial charge in [0.15, 0.2) is 0 Å². The first kappa shape index (κ1) is 8.06. The third-order valence-corrected chi connectivity index (χ3v) is 2.40. The summed E-state index contributed by atoms with van der Waals surface area (Å²) in [4.78, 5) is 2.46. The van der Waals surface area contributed by atoms with Crippen molar-refractivity contribution in [2.75, 3.05) is 20.1 Å². The summed E-state index contributed by atoms with van der Waals surface area (Å²) >= 11 is 0. The molecule has 60 valence electrons. The van der Waals surface area contributed by atoms with Gasteiger partial charge in [-0.1, -0.05) is 13.8 Å². The predicted molar refractivity (Wildman–Crippen MR) is 45.1 cm³/mol. The highest BCUT2D eigenvalue weighted by Crippen LogP contribution is 2.18. The average molecular weight is 141 g/mol. The SMILES string of the molecule is CC1CCC(C)CN(C)C1. The second kappa shape index (κ2) is 3.38. The van der Waals surface area contributed by atoms with Gasteiger partial charge in [-0.05, 0) is 31.7 Å². The van der Waals surface area contributed by atoms with Gasteiger partial charge in [0.2, 0.25) is 0 Å². The number of nitrogens with zero attached hydrogens (tertiary/aromatic N) is 1. The van der Waals surface area contributed by atoms with E-state index < -0.39 is 0 Å². The maximum atomic E-state index is 2.46. The fourth-order valence-electron chi connectivity index (χ4n) is 1.89. The van der Waals surface area contributed by atoms with Gasteiger partial charge in [0.05, 0.1) is 0 Å². The summed E-state index contributed by atoms with van der Waals surface area (Å²) in [7, 11) is 2.23. The first-order valence-corrected chi connectivity index (χ1v) is 4.37. The van der Waals surface area contributed by atoms with Crippen LogP contribution in [0.3, 0.4) is 0 Å². The van der Waals surface area contributed by atoms with Crippen molar-refractivity contribution in [3.63, 3.8) is 0 Å². The average Bonchev–Trinajstić information content (AvgIpc) is 1.93. The van der Waals surface area contributed by atoms with E-state index in [0.29, 0.717) is 0 Å². The fraction of sp³-hybridized carbons (Fsp3) is 1.00. The van der Waals surface area contributed by atoms with Crippen molar-refractivity contribution in [2.24, 2.45) is 11.8 Å². The minimum atomic E-state index is 0.912. The van der Waals surface area contributed by atoms with Gasteiger partial charge >= 0.3 is 0 Å². The minimum Gasteiger partial charge on any atom is -0.306 e. The Morgan fingerprint density at radius 3 is 1.80 bits per heavy atom. The van der Waals surface area contributed by atoms with Gasteiger partial charge in [0.25, 0.3) is 0 Å². The second-order valence-electron chi connectivity index (χ2n) is 4.01. The highest BCUT2D eigenvalue weighted by molar-refractivity contribution is 4.69. The van der Waals surface area contributed by atoms with Crippen LogP contribution < -0.4 is 0 Å². The van der Waals surface area contributed by atoms with E-state index in [1.54, 1.807) is 0 Å². The Morgan fingerprint density at radius 2 is 1.40 bits per heavy atom. The van der Waals surface area contributed by atoms with Crippen LogP contribution in [0.2, 0.25) is 0 Å². The summed E-state index contributed by atoms with van der Waals surface area (Å²) in [6.45, 7) is 7.30. The Hall–Kier alpha value is -0.0400. The van der Waals surface area contributed by atoms with Crippen LogP contribution >= 0.6 is 0 Å². The molecule has 0 aromatic heterocycles. The smallest absolute Gasteiger partial charge is 0.000408 e. The molecule has 2 unspecified atom stereocenters. The van der Waals surface area contributed by atoms with E-state index in [-0.39, 0.29) is 0 Å². The molecule has 1 fully saturated rings. The molecule has 0 aliphatic carbocycles. The Morgan fingerprint density at radius 1 is 1.00 bits per heavy atom. The molecule has 10 heavy (non-hydrogen) atoms. The summed E-state index contributed by atoms with van der Waals surface area (Å²) < 4.78 is 0. The topological polar surface area (TPSA) is 3.24 Å². The first-order valence-electron chi connectivity index (χ1n) is 4.37. The normalized spacial score (nSPS) is 37.5. The lowest BCUT2D eigenvalue weighted by Crippen LogP contribution is -2.25. The molecule has 1 aliphatic rings. The van der Waals surface area contributed by atoms with Crippen molar-refractivity contribution in [3.8, 4) is 0 Å². The summed E-state index contributed by atoms with van der Waals surface area (Å²) in [5.74, 6) is 1.82. The van der Waals surface area contributed by atoms with Crippen molar-refractivity contribution in [2.45, 2.75) is 26.7 Å². The Labute approximate surface area is 64.4 Å². The van der Waals surface area contributed by atoms with E-state index in [4.69, 9.17) is 0 Å². The third-order valence-electron chi connectivity index (χ3n) is 2.40. The zero-order valence-corrected chi connectivity index (χ0v) is 7.43. The third kappa shape index (κ3) is 2.30. The van der Waals surface area contributed by atoms with Crippen LogP contribution in [0.25, 0.3) is 0 Å². The highest BCUT2D eigenvalue weighted by Gasteiger charge is 2.15. The van der Waals surface area contributed by atoms with Crippen LogP contribution in [-0.4, -0.2) is 25.0 Å². The molecule has 0 radical (unpaired) electrons.